The van der Waals surface area contributed by atoms with Crippen LogP contribution < -0.4 is 0 Å². The van der Waals surface area contributed by atoms with Gasteiger partial charge in [-0.1, -0.05) is 24.3 Å². The Morgan fingerprint density at radius 3 is 2.79 bits per heavy atom. The number of hydrogen-bond donors (Lipinski definition) is 0. The summed E-state index contributed by atoms with van der Waals surface area (Å²) in [6.07, 6.45) is 9.55. The van der Waals surface area contributed by atoms with E-state index in [1.165, 1.54) is 0 Å². The summed E-state index contributed by atoms with van der Waals surface area (Å²) >= 11 is 0. The van der Waals surface area contributed by atoms with Gasteiger partial charge >= 0.3 is 0 Å². The zero-order valence-electron chi connectivity index (χ0n) is 13.8. The Labute approximate surface area is 141 Å². The van der Waals surface area contributed by atoms with Gasteiger partial charge in [-0.25, -0.2) is 4.98 Å². The molecule has 4 heteroatoms. The van der Waals surface area contributed by atoms with Crippen LogP contribution in [0, 0.1) is 0 Å². The second-order valence-corrected chi connectivity index (χ2v) is 5.69. The summed E-state index contributed by atoms with van der Waals surface area (Å²) in [4.78, 5) is 8.71. The average molecular weight is 320 g/mol. The molecule has 0 fully saturated rings. The number of hydrogen-bond acceptors (Lipinski definition) is 4. The fourth-order valence-electron chi connectivity index (χ4n) is 2.18. The highest BCUT2D eigenvalue weighted by molar-refractivity contribution is 5.74. The Morgan fingerprint density at radius 1 is 1.12 bits per heavy atom. The maximum atomic E-state index is 5.71. The molecule has 0 aliphatic heterocycles. The van der Waals surface area contributed by atoms with Crippen LogP contribution >= 0.6 is 0 Å². The summed E-state index contributed by atoms with van der Waals surface area (Å²) in [6, 6.07) is 11.7. The first-order valence-corrected chi connectivity index (χ1v) is 7.97. The van der Waals surface area contributed by atoms with Crippen LogP contribution in [-0.4, -0.2) is 16.1 Å². The van der Waals surface area contributed by atoms with Crippen LogP contribution in [0.4, 0.5) is 0 Å². The van der Waals surface area contributed by atoms with E-state index in [4.69, 9.17) is 9.15 Å². The lowest BCUT2D eigenvalue weighted by molar-refractivity contribution is 0.0657. The molecule has 0 radical (unpaired) electrons. The summed E-state index contributed by atoms with van der Waals surface area (Å²) in [5.74, 6) is 0.581. The third kappa shape index (κ3) is 4.40. The minimum Gasteiger partial charge on any atom is -0.437 e. The molecule has 122 valence electrons. The van der Waals surface area contributed by atoms with Crippen molar-refractivity contribution in [1.29, 1.82) is 0 Å². The van der Waals surface area contributed by atoms with Crippen molar-refractivity contribution >= 4 is 23.3 Å². The molecule has 0 unspecified atom stereocenters. The van der Waals surface area contributed by atoms with Crippen molar-refractivity contribution in [3.05, 3.63) is 71.9 Å². The van der Waals surface area contributed by atoms with Crippen molar-refractivity contribution in [3.63, 3.8) is 0 Å². The fraction of sp³-hybridized carbons (Fsp3) is 0.200. The number of allylic oxidation sites excluding steroid dienone is 2. The Balaban J connectivity index is 1.69. The summed E-state index contributed by atoms with van der Waals surface area (Å²) in [5.41, 5.74) is 3.62. The molecule has 0 atom stereocenters. The molecule has 1 aromatic carbocycles. The van der Waals surface area contributed by atoms with E-state index in [1.54, 1.807) is 6.20 Å². The zero-order chi connectivity index (χ0) is 16.8. The van der Waals surface area contributed by atoms with Crippen molar-refractivity contribution in [2.24, 2.45) is 0 Å². The summed E-state index contributed by atoms with van der Waals surface area (Å²) < 4.78 is 11.3. The molecule has 0 aliphatic rings. The molecule has 4 nitrogen and oxygen atoms in total. The van der Waals surface area contributed by atoms with E-state index in [0.29, 0.717) is 12.5 Å². The Kier molecular flexibility index (Phi) is 5.18. The summed E-state index contributed by atoms with van der Waals surface area (Å²) in [5, 5.41) is 0. The molecule has 0 amide bonds. The minimum atomic E-state index is 0.211. The summed E-state index contributed by atoms with van der Waals surface area (Å²) in [7, 11) is 0. The molecular formula is C20H20N2O2. The molecule has 0 aliphatic carbocycles. The van der Waals surface area contributed by atoms with Gasteiger partial charge in [-0.15, -0.1) is 0 Å². The molecule has 0 saturated heterocycles. The van der Waals surface area contributed by atoms with Crippen LogP contribution in [0.2, 0.25) is 0 Å². The molecule has 0 saturated carbocycles. The zero-order valence-corrected chi connectivity index (χ0v) is 13.8. The second-order valence-electron chi connectivity index (χ2n) is 5.69. The van der Waals surface area contributed by atoms with E-state index in [1.807, 2.05) is 74.5 Å². The van der Waals surface area contributed by atoms with E-state index < -0.39 is 0 Å². The maximum absolute atomic E-state index is 5.71. The topological polar surface area (TPSA) is 48.2 Å². The molecular weight excluding hydrogens is 300 g/mol. The Hall–Kier alpha value is -2.72. The number of oxazole rings is 1. The van der Waals surface area contributed by atoms with E-state index in [-0.39, 0.29) is 6.10 Å². The molecule has 0 bridgehead atoms. The van der Waals surface area contributed by atoms with Crippen LogP contribution in [0.3, 0.4) is 0 Å². The maximum Gasteiger partial charge on any atom is 0.219 e. The average Bonchev–Trinajstić information content (AvgIpc) is 3.00. The van der Waals surface area contributed by atoms with Crippen LogP contribution in [0.5, 0.6) is 0 Å². The van der Waals surface area contributed by atoms with Gasteiger partial charge in [0.25, 0.3) is 0 Å². The van der Waals surface area contributed by atoms with Gasteiger partial charge in [0, 0.05) is 12.3 Å². The number of ether oxygens (including phenoxy) is 1. The predicted molar refractivity (Wildman–Crippen MR) is 96.2 cm³/mol. The lowest BCUT2D eigenvalue weighted by Gasteiger charge is -2.06. The largest absolute Gasteiger partial charge is 0.437 e. The standard InChI is InChI=1S/C20H20N2O2/c1-15(2)23-14-16-10-11-19-18(13-16)22-20(24-19)9-4-3-7-17-8-5-6-12-21-17/h3-13,15H,14H2,1-2H3/b7-3+,9-4+. The minimum absolute atomic E-state index is 0.211. The highest BCUT2D eigenvalue weighted by Crippen LogP contribution is 2.19. The molecule has 2 heterocycles. The molecule has 0 spiro atoms. The number of nitrogens with zero attached hydrogens (tertiary/aromatic N) is 2. The first kappa shape index (κ1) is 16.1. The van der Waals surface area contributed by atoms with Gasteiger partial charge in [-0.2, -0.15) is 0 Å². The van der Waals surface area contributed by atoms with Crippen molar-refractivity contribution in [3.8, 4) is 0 Å². The first-order valence-electron chi connectivity index (χ1n) is 7.97. The van der Waals surface area contributed by atoms with Crippen LogP contribution in [0.1, 0.15) is 31.0 Å². The normalized spacial score (nSPS) is 12.1. The van der Waals surface area contributed by atoms with Crippen molar-refractivity contribution in [2.45, 2.75) is 26.6 Å². The lowest BCUT2D eigenvalue weighted by atomic mass is 10.2. The van der Waals surface area contributed by atoms with Gasteiger partial charge in [0.2, 0.25) is 5.89 Å². The number of rotatable bonds is 6. The molecule has 3 rings (SSSR count). The second kappa shape index (κ2) is 7.70. The van der Waals surface area contributed by atoms with Gasteiger partial charge in [-0.3, -0.25) is 4.98 Å². The fourth-order valence-corrected chi connectivity index (χ4v) is 2.18. The molecule has 24 heavy (non-hydrogen) atoms. The van der Waals surface area contributed by atoms with Gasteiger partial charge in [0.1, 0.15) is 5.52 Å². The quantitative estimate of drug-likeness (QED) is 0.608. The van der Waals surface area contributed by atoms with Gasteiger partial charge < -0.3 is 9.15 Å². The van der Waals surface area contributed by atoms with Crippen molar-refractivity contribution in [2.75, 3.05) is 0 Å². The number of pyridine rings is 1. The molecule has 0 N–H and O–H groups in total. The van der Waals surface area contributed by atoms with Gasteiger partial charge in [0.05, 0.1) is 18.4 Å². The van der Waals surface area contributed by atoms with Crippen molar-refractivity contribution < 1.29 is 9.15 Å². The van der Waals surface area contributed by atoms with Crippen LogP contribution in [0.15, 0.2) is 59.2 Å². The van der Waals surface area contributed by atoms with E-state index >= 15 is 0 Å². The molecule has 3 aromatic rings. The van der Waals surface area contributed by atoms with E-state index in [2.05, 4.69) is 9.97 Å². The van der Waals surface area contributed by atoms with Crippen molar-refractivity contribution in [1.82, 2.24) is 9.97 Å². The number of benzene rings is 1. The third-order valence-corrected chi connectivity index (χ3v) is 3.36. The highest BCUT2D eigenvalue weighted by Gasteiger charge is 2.05. The third-order valence-electron chi connectivity index (χ3n) is 3.36. The van der Waals surface area contributed by atoms with Crippen LogP contribution in [0.25, 0.3) is 23.3 Å². The summed E-state index contributed by atoms with van der Waals surface area (Å²) in [6.45, 7) is 4.63. The number of fused-ring (bicyclic) bond motifs is 1. The smallest absolute Gasteiger partial charge is 0.219 e. The lowest BCUT2D eigenvalue weighted by Crippen LogP contribution is -2.01. The Bertz CT molecular complexity index is 848. The number of aromatic nitrogens is 2. The van der Waals surface area contributed by atoms with Gasteiger partial charge in [0.15, 0.2) is 5.58 Å². The SMILES string of the molecule is CC(C)OCc1ccc2oc(/C=C/C=C/c3ccccn3)nc2c1. The Morgan fingerprint density at radius 2 is 2.00 bits per heavy atom. The molecule has 2 aromatic heterocycles. The van der Waals surface area contributed by atoms with E-state index in [9.17, 15) is 0 Å². The first-order chi connectivity index (χ1) is 11.7. The van der Waals surface area contributed by atoms with Crippen LogP contribution in [-0.2, 0) is 11.3 Å². The monoisotopic (exact) mass is 320 g/mol. The predicted octanol–water partition coefficient (Wildman–Crippen LogP) is 4.87. The highest BCUT2D eigenvalue weighted by atomic mass is 16.5. The van der Waals surface area contributed by atoms with E-state index in [0.717, 1.165) is 22.4 Å². The van der Waals surface area contributed by atoms with Gasteiger partial charge in [-0.05, 0) is 49.8 Å².